The summed E-state index contributed by atoms with van der Waals surface area (Å²) in [5.41, 5.74) is 7.03. The van der Waals surface area contributed by atoms with Crippen LogP contribution in [0.5, 0.6) is 0 Å². The van der Waals surface area contributed by atoms with Crippen LogP contribution < -0.4 is 10.9 Å². The van der Waals surface area contributed by atoms with Crippen LogP contribution in [0.1, 0.15) is 0 Å². The Labute approximate surface area is 102 Å². The molecule has 0 aliphatic rings. The lowest BCUT2D eigenvalue weighted by molar-refractivity contribution is 0.665. The molecule has 2 aromatic heterocycles. The predicted octanol–water partition coefficient (Wildman–Crippen LogP) is 2.58. The second kappa shape index (κ2) is 3.87. The van der Waals surface area contributed by atoms with Crippen LogP contribution >= 0.6 is 11.6 Å². The van der Waals surface area contributed by atoms with Gasteiger partial charge in [-0.2, -0.15) is 0 Å². The van der Waals surface area contributed by atoms with Crippen LogP contribution in [0.2, 0.25) is 5.15 Å². The highest BCUT2D eigenvalue weighted by Crippen LogP contribution is 2.35. The van der Waals surface area contributed by atoms with E-state index in [0.717, 1.165) is 16.4 Å². The van der Waals surface area contributed by atoms with Crippen molar-refractivity contribution in [3.05, 3.63) is 29.4 Å². The summed E-state index contributed by atoms with van der Waals surface area (Å²) < 4.78 is 5.67. The number of rotatable bonds is 2. The molecule has 0 saturated carbocycles. The van der Waals surface area contributed by atoms with Gasteiger partial charge in [0.2, 0.25) is 0 Å². The molecule has 0 spiro atoms. The second-order valence-corrected chi connectivity index (χ2v) is 3.87. The van der Waals surface area contributed by atoms with Gasteiger partial charge in [-0.15, -0.1) is 10.2 Å². The van der Waals surface area contributed by atoms with Crippen LogP contribution in [0.15, 0.2) is 28.7 Å². The van der Waals surface area contributed by atoms with Crippen molar-refractivity contribution in [2.24, 2.45) is 0 Å². The number of hydrazine groups is 1. The molecule has 0 bridgehead atoms. The first kappa shape index (κ1) is 10.3. The van der Waals surface area contributed by atoms with E-state index in [2.05, 4.69) is 21.0 Å². The van der Waals surface area contributed by atoms with Crippen LogP contribution in [-0.4, -0.2) is 17.2 Å². The molecule has 86 valence electrons. The molecule has 0 fully saturated rings. The molecule has 0 atom stereocenters. The highest BCUT2D eigenvalue weighted by molar-refractivity contribution is 6.35. The zero-order chi connectivity index (χ0) is 11.8. The lowest BCUT2D eigenvalue weighted by Gasteiger charge is -2.03. The minimum absolute atomic E-state index is 0.262. The molecule has 6 heteroatoms. The van der Waals surface area contributed by atoms with Crippen molar-refractivity contribution >= 4 is 39.4 Å². The Bertz CT molecular complexity index is 694. The first-order valence-electron chi connectivity index (χ1n) is 5.07. The first-order chi connectivity index (χ1) is 8.31. The first-order valence-corrected chi connectivity index (χ1v) is 5.45. The van der Waals surface area contributed by atoms with E-state index in [0.29, 0.717) is 11.4 Å². The van der Waals surface area contributed by atoms with Gasteiger partial charge in [0.1, 0.15) is 5.58 Å². The van der Waals surface area contributed by atoms with Crippen molar-refractivity contribution in [1.29, 1.82) is 0 Å². The van der Waals surface area contributed by atoms with E-state index in [1.807, 2.05) is 24.3 Å². The highest BCUT2D eigenvalue weighted by Gasteiger charge is 2.15. The maximum atomic E-state index is 5.99. The standard InChI is InChI=1S/C11H9ClN4O/c1-13-15-11-8-6-4-2-3-5-7(6)17-9(8)10(12)14-16-11/h2-5,13H,1H3,(H,15,16). The van der Waals surface area contributed by atoms with Crippen LogP contribution in [0, 0.1) is 0 Å². The van der Waals surface area contributed by atoms with Gasteiger partial charge in [0, 0.05) is 12.4 Å². The molecular weight excluding hydrogens is 240 g/mol. The zero-order valence-corrected chi connectivity index (χ0v) is 9.75. The molecule has 2 N–H and O–H groups in total. The Morgan fingerprint density at radius 1 is 1.24 bits per heavy atom. The van der Waals surface area contributed by atoms with Crippen LogP contribution in [0.3, 0.4) is 0 Å². The third-order valence-electron chi connectivity index (χ3n) is 2.50. The largest absolute Gasteiger partial charge is 0.453 e. The Hall–Kier alpha value is -1.85. The topological polar surface area (TPSA) is 63.0 Å². The summed E-state index contributed by atoms with van der Waals surface area (Å²) in [5.74, 6) is 0.594. The van der Waals surface area contributed by atoms with Crippen LogP contribution in [0.4, 0.5) is 5.82 Å². The van der Waals surface area contributed by atoms with Gasteiger partial charge in [0.15, 0.2) is 16.6 Å². The van der Waals surface area contributed by atoms with Gasteiger partial charge < -0.3 is 9.84 Å². The quantitative estimate of drug-likeness (QED) is 0.683. The van der Waals surface area contributed by atoms with E-state index in [4.69, 9.17) is 16.0 Å². The third kappa shape index (κ3) is 1.51. The average Bonchev–Trinajstić information content (AvgIpc) is 2.73. The molecule has 5 nitrogen and oxygen atoms in total. The minimum atomic E-state index is 0.262. The van der Waals surface area contributed by atoms with Gasteiger partial charge in [-0.05, 0) is 6.07 Å². The summed E-state index contributed by atoms with van der Waals surface area (Å²) in [6.45, 7) is 0. The molecule has 1 aromatic carbocycles. The average molecular weight is 249 g/mol. The van der Waals surface area contributed by atoms with Crippen molar-refractivity contribution in [1.82, 2.24) is 15.6 Å². The van der Waals surface area contributed by atoms with E-state index < -0.39 is 0 Å². The Morgan fingerprint density at radius 2 is 2.06 bits per heavy atom. The Morgan fingerprint density at radius 3 is 2.88 bits per heavy atom. The van der Waals surface area contributed by atoms with Gasteiger partial charge in [-0.3, -0.25) is 0 Å². The number of benzene rings is 1. The number of aromatic nitrogens is 2. The summed E-state index contributed by atoms with van der Waals surface area (Å²) in [7, 11) is 1.75. The van der Waals surface area contributed by atoms with Gasteiger partial charge in [-0.1, -0.05) is 29.8 Å². The van der Waals surface area contributed by atoms with E-state index in [1.165, 1.54) is 0 Å². The number of para-hydroxylation sites is 1. The summed E-state index contributed by atoms with van der Waals surface area (Å²) in [5, 5.41) is 9.89. The van der Waals surface area contributed by atoms with Gasteiger partial charge in [0.05, 0.1) is 5.39 Å². The summed E-state index contributed by atoms with van der Waals surface area (Å²) in [4.78, 5) is 0. The molecule has 0 amide bonds. The molecule has 2 heterocycles. The number of furan rings is 1. The number of nitrogens with zero attached hydrogens (tertiary/aromatic N) is 2. The van der Waals surface area contributed by atoms with Crippen molar-refractivity contribution in [3.63, 3.8) is 0 Å². The number of anilines is 1. The molecule has 0 aliphatic carbocycles. The molecule has 0 aliphatic heterocycles. The molecule has 0 radical (unpaired) electrons. The summed E-state index contributed by atoms with van der Waals surface area (Å²) >= 11 is 5.99. The number of fused-ring (bicyclic) bond motifs is 3. The van der Waals surface area contributed by atoms with Crippen LogP contribution in [-0.2, 0) is 0 Å². The molecule has 0 unspecified atom stereocenters. The maximum absolute atomic E-state index is 5.99. The van der Waals surface area contributed by atoms with Crippen LogP contribution in [0.25, 0.3) is 21.9 Å². The normalized spacial score (nSPS) is 11.2. The lowest BCUT2D eigenvalue weighted by atomic mass is 10.2. The minimum Gasteiger partial charge on any atom is -0.453 e. The molecule has 0 saturated heterocycles. The highest BCUT2D eigenvalue weighted by atomic mass is 35.5. The summed E-state index contributed by atoms with van der Waals surface area (Å²) in [6, 6.07) is 7.69. The summed E-state index contributed by atoms with van der Waals surface area (Å²) in [6.07, 6.45) is 0. The van der Waals surface area contributed by atoms with Crippen molar-refractivity contribution in [3.8, 4) is 0 Å². The fraction of sp³-hybridized carbons (Fsp3) is 0.0909. The second-order valence-electron chi connectivity index (χ2n) is 3.52. The lowest BCUT2D eigenvalue weighted by Crippen LogP contribution is -2.16. The third-order valence-corrected chi connectivity index (χ3v) is 2.75. The van der Waals surface area contributed by atoms with Crippen molar-refractivity contribution < 1.29 is 4.42 Å². The van der Waals surface area contributed by atoms with E-state index >= 15 is 0 Å². The molecular formula is C11H9ClN4O. The monoisotopic (exact) mass is 248 g/mol. The fourth-order valence-corrected chi connectivity index (χ4v) is 1.99. The number of hydrogen-bond acceptors (Lipinski definition) is 5. The Kier molecular flexibility index (Phi) is 2.35. The number of hydrogen-bond donors (Lipinski definition) is 2. The SMILES string of the molecule is CNNc1nnc(Cl)c2oc3ccccc3c12. The Balaban J connectivity index is 2.47. The number of halogens is 1. The fourth-order valence-electron chi connectivity index (χ4n) is 1.82. The number of nitrogens with one attached hydrogen (secondary N) is 2. The smallest absolute Gasteiger partial charge is 0.195 e. The molecule has 3 rings (SSSR count). The van der Waals surface area contributed by atoms with Crippen molar-refractivity contribution in [2.45, 2.75) is 0 Å². The van der Waals surface area contributed by atoms with Crippen molar-refractivity contribution in [2.75, 3.05) is 12.5 Å². The predicted molar refractivity (Wildman–Crippen MR) is 67.0 cm³/mol. The van der Waals surface area contributed by atoms with E-state index in [9.17, 15) is 0 Å². The van der Waals surface area contributed by atoms with Gasteiger partial charge >= 0.3 is 0 Å². The van der Waals surface area contributed by atoms with Gasteiger partial charge in [-0.25, -0.2) is 5.43 Å². The molecule has 17 heavy (non-hydrogen) atoms. The van der Waals surface area contributed by atoms with E-state index in [1.54, 1.807) is 7.05 Å². The molecule has 3 aromatic rings. The van der Waals surface area contributed by atoms with E-state index in [-0.39, 0.29) is 5.15 Å². The maximum Gasteiger partial charge on any atom is 0.195 e. The van der Waals surface area contributed by atoms with Gasteiger partial charge in [0.25, 0.3) is 0 Å². The zero-order valence-electron chi connectivity index (χ0n) is 8.99.